The van der Waals surface area contributed by atoms with E-state index in [-0.39, 0.29) is 0 Å². The van der Waals surface area contributed by atoms with Crippen LogP contribution in [0.5, 0.6) is 0 Å². The number of rotatable bonds is 5. The van der Waals surface area contributed by atoms with Crippen LogP contribution in [0.1, 0.15) is 11.1 Å². The number of aryl methyl sites for hydroxylation is 1. The third-order valence-corrected chi connectivity index (χ3v) is 2.27. The van der Waals surface area contributed by atoms with Gasteiger partial charge in [0.15, 0.2) is 0 Å². The molecule has 0 unspecified atom stereocenters. The summed E-state index contributed by atoms with van der Waals surface area (Å²) in [6, 6.07) is 8.50. The van der Waals surface area contributed by atoms with Crippen molar-refractivity contribution in [2.45, 2.75) is 13.3 Å². The molecule has 4 heteroatoms. The van der Waals surface area contributed by atoms with Gasteiger partial charge in [-0.2, -0.15) is 0 Å². The minimum absolute atomic E-state index is 0.433. The van der Waals surface area contributed by atoms with Gasteiger partial charge in [0.2, 0.25) is 0 Å². The van der Waals surface area contributed by atoms with Crippen LogP contribution in [0.4, 0.5) is 0 Å². The van der Waals surface area contributed by atoms with E-state index in [2.05, 4.69) is 41.2 Å². The number of nitrogens with zero attached hydrogens (tertiary/aromatic N) is 4. The van der Waals surface area contributed by atoms with Gasteiger partial charge in [0.1, 0.15) is 0 Å². The van der Waals surface area contributed by atoms with Gasteiger partial charge in [0.05, 0.1) is 6.67 Å². The smallest absolute Gasteiger partial charge is 0.0771 e. The standard InChI is InChI=1S/C11H16N4/c1-10-3-5-11(6-4-10)7-8-15(2)9-13-14-12/h3-6H,7-9H2,1-2H3. The van der Waals surface area contributed by atoms with Crippen LogP contribution < -0.4 is 0 Å². The van der Waals surface area contributed by atoms with Crippen LogP contribution in [-0.4, -0.2) is 25.2 Å². The van der Waals surface area contributed by atoms with Crippen LogP contribution in [0.25, 0.3) is 10.4 Å². The Labute approximate surface area is 90.1 Å². The first-order valence-corrected chi connectivity index (χ1v) is 4.97. The quantitative estimate of drug-likeness (QED) is 0.413. The summed E-state index contributed by atoms with van der Waals surface area (Å²) in [6.07, 6.45) is 0.984. The summed E-state index contributed by atoms with van der Waals surface area (Å²) >= 11 is 0. The molecule has 0 heterocycles. The number of hydrogen-bond acceptors (Lipinski definition) is 2. The lowest BCUT2D eigenvalue weighted by Gasteiger charge is -2.12. The van der Waals surface area contributed by atoms with Gasteiger partial charge in [-0.15, -0.1) is 0 Å². The van der Waals surface area contributed by atoms with Gasteiger partial charge in [-0.3, -0.25) is 0 Å². The van der Waals surface area contributed by atoms with E-state index in [0.29, 0.717) is 6.67 Å². The molecule has 0 aromatic heterocycles. The molecule has 1 aromatic carbocycles. The zero-order chi connectivity index (χ0) is 11.1. The predicted molar refractivity (Wildman–Crippen MR) is 61.5 cm³/mol. The second kappa shape index (κ2) is 6.06. The molecule has 0 aliphatic rings. The van der Waals surface area contributed by atoms with Crippen molar-refractivity contribution < 1.29 is 0 Å². The zero-order valence-electron chi connectivity index (χ0n) is 9.22. The van der Waals surface area contributed by atoms with Crippen LogP contribution in [-0.2, 0) is 6.42 Å². The highest BCUT2D eigenvalue weighted by Gasteiger charge is 1.97. The Morgan fingerprint density at radius 1 is 1.33 bits per heavy atom. The first-order valence-electron chi connectivity index (χ1n) is 4.97. The summed E-state index contributed by atoms with van der Waals surface area (Å²) in [5, 5.41) is 3.50. The first-order chi connectivity index (χ1) is 7.22. The van der Waals surface area contributed by atoms with Crippen molar-refractivity contribution in [2.75, 3.05) is 20.3 Å². The van der Waals surface area contributed by atoms with Gasteiger partial charge in [-0.05, 0) is 31.5 Å². The fraction of sp³-hybridized carbons (Fsp3) is 0.455. The summed E-state index contributed by atoms with van der Waals surface area (Å²) in [7, 11) is 1.95. The molecule has 0 saturated heterocycles. The number of azide groups is 1. The van der Waals surface area contributed by atoms with Gasteiger partial charge >= 0.3 is 0 Å². The Hall–Kier alpha value is -1.51. The average molecular weight is 204 g/mol. The van der Waals surface area contributed by atoms with E-state index in [1.807, 2.05) is 11.9 Å². The van der Waals surface area contributed by atoms with Gasteiger partial charge in [-0.25, -0.2) is 0 Å². The molecule has 0 N–H and O–H groups in total. The molecule has 4 nitrogen and oxygen atoms in total. The molecule has 1 aromatic rings. The van der Waals surface area contributed by atoms with Gasteiger partial charge in [0.25, 0.3) is 0 Å². The number of hydrogen-bond donors (Lipinski definition) is 0. The molecule has 0 amide bonds. The number of likely N-dealkylation sites (N-methyl/N-ethyl adjacent to an activating group) is 1. The maximum absolute atomic E-state index is 8.16. The summed E-state index contributed by atoms with van der Waals surface area (Å²) in [5.74, 6) is 0. The molecule has 0 bridgehead atoms. The second-order valence-electron chi connectivity index (χ2n) is 3.69. The molecule has 80 valence electrons. The maximum Gasteiger partial charge on any atom is 0.0771 e. The van der Waals surface area contributed by atoms with Crippen molar-refractivity contribution in [3.05, 3.63) is 45.8 Å². The lowest BCUT2D eigenvalue weighted by atomic mass is 10.1. The third-order valence-electron chi connectivity index (χ3n) is 2.27. The molecule has 15 heavy (non-hydrogen) atoms. The zero-order valence-corrected chi connectivity index (χ0v) is 9.22. The molecular formula is C11H16N4. The van der Waals surface area contributed by atoms with Crippen molar-refractivity contribution >= 4 is 0 Å². The van der Waals surface area contributed by atoms with Crippen LogP contribution in [0.3, 0.4) is 0 Å². The van der Waals surface area contributed by atoms with E-state index < -0.39 is 0 Å². The van der Waals surface area contributed by atoms with E-state index in [4.69, 9.17) is 5.53 Å². The van der Waals surface area contributed by atoms with Crippen molar-refractivity contribution in [3.63, 3.8) is 0 Å². The van der Waals surface area contributed by atoms with Crippen molar-refractivity contribution in [1.82, 2.24) is 4.90 Å². The maximum atomic E-state index is 8.16. The largest absolute Gasteiger partial charge is 0.301 e. The van der Waals surface area contributed by atoms with Crippen LogP contribution in [0.2, 0.25) is 0 Å². The molecular weight excluding hydrogens is 188 g/mol. The fourth-order valence-electron chi connectivity index (χ4n) is 1.28. The molecule has 0 spiro atoms. The Morgan fingerprint density at radius 3 is 2.60 bits per heavy atom. The Bertz CT molecular complexity index is 338. The minimum atomic E-state index is 0.433. The van der Waals surface area contributed by atoms with Crippen LogP contribution in [0.15, 0.2) is 29.4 Å². The van der Waals surface area contributed by atoms with E-state index in [1.54, 1.807) is 0 Å². The summed E-state index contributed by atoms with van der Waals surface area (Å²) in [5.41, 5.74) is 10.8. The molecule has 0 radical (unpaired) electrons. The Balaban J connectivity index is 2.36. The van der Waals surface area contributed by atoms with E-state index in [0.717, 1.165) is 13.0 Å². The highest BCUT2D eigenvalue weighted by atomic mass is 15.3. The summed E-state index contributed by atoms with van der Waals surface area (Å²) in [6.45, 7) is 3.42. The van der Waals surface area contributed by atoms with Gasteiger partial charge in [-0.1, -0.05) is 34.9 Å². The molecule has 0 fully saturated rings. The highest BCUT2D eigenvalue weighted by molar-refractivity contribution is 5.21. The Morgan fingerprint density at radius 2 is 2.00 bits per heavy atom. The Kier molecular flexibility index (Phi) is 4.68. The molecule has 0 atom stereocenters. The molecule has 1 rings (SSSR count). The van der Waals surface area contributed by atoms with Crippen molar-refractivity contribution in [3.8, 4) is 0 Å². The van der Waals surface area contributed by atoms with Gasteiger partial charge in [0, 0.05) is 11.5 Å². The van der Waals surface area contributed by atoms with Crippen LogP contribution >= 0.6 is 0 Å². The van der Waals surface area contributed by atoms with Gasteiger partial charge < -0.3 is 4.90 Å². The van der Waals surface area contributed by atoms with E-state index >= 15 is 0 Å². The third kappa shape index (κ3) is 4.49. The minimum Gasteiger partial charge on any atom is -0.301 e. The van der Waals surface area contributed by atoms with E-state index in [9.17, 15) is 0 Å². The topological polar surface area (TPSA) is 52.0 Å². The normalized spacial score (nSPS) is 10.1. The molecule has 0 aliphatic carbocycles. The summed E-state index contributed by atoms with van der Waals surface area (Å²) in [4.78, 5) is 4.73. The average Bonchev–Trinajstić information content (AvgIpc) is 2.25. The highest BCUT2D eigenvalue weighted by Crippen LogP contribution is 2.04. The van der Waals surface area contributed by atoms with E-state index in [1.165, 1.54) is 11.1 Å². The van der Waals surface area contributed by atoms with Crippen molar-refractivity contribution in [1.29, 1.82) is 0 Å². The fourth-order valence-corrected chi connectivity index (χ4v) is 1.28. The lowest BCUT2D eigenvalue weighted by Crippen LogP contribution is -2.20. The predicted octanol–water partition coefficient (Wildman–Crippen LogP) is 2.74. The van der Waals surface area contributed by atoms with Crippen molar-refractivity contribution in [2.24, 2.45) is 5.11 Å². The first kappa shape index (κ1) is 11.6. The SMILES string of the molecule is Cc1ccc(CCN(C)CN=[N+]=[N-])cc1. The summed E-state index contributed by atoms with van der Waals surface area (Å²) < 4.78 is 0. The second-order valence-corrected chi connectivity index (χ2v) is 3.69. The molecule has 0 saturated carbocycles. The monoisotopic (exact) mass is 204 g/mol. The molecule has 0 aliphatic heterocycles. The van der Waals surface area contributed by atoms with Crippen LogP contribution in [0, 0.1) is 6.92 Å². The lowest BCUT2D eigenvalue weighted by molar-refractivity contribution is 0.349. The number of benzene rings is 1.